The van der Waals surface area contributed by atoms with E-state index in [2.05, 4.69) is 16.0 Å². The largest absolute Gasteiger partial charge is 0.356 e. The van der Waals surface area contributed by atoms with Crippen LogP contribution >= 0.6 is 0 Å². The summed E-state index contributed by atoms with van der Waals surface area (Å²) in [5.41, 5.74) is -0.459. The summed E-state index contributed by atoms with van der Waals surface area (Å²) in [5.74, 6) is -0.0175. The lowest BCUT2D eigenvalue weighted by atomic mass is 9.90. The molecule has 5 heteroatoms. The van der Waals surface area contributed by atoms with E-state index in [0.717, 1.165) is 25.8 Å². The van der Waals surface area contributed by atoms with Crippen molar-refractivity contribution in [1.29, 1.82) is 0 Å². The van der Waals surface area contributed by atoms with E-state index in [1.165, 1.54) is 0 Å². The minimum Gasteiger partial charge on any atom is -0.356 e. The Kier molecular flexibility index (Phi) is 5.41. The summed E-state index contributed by atoms with van der Waals surface area (Å²) >= 11 is 0. The van der Waals surface area contributed by atoms with E-state index < -0.39 is 5.54 Å². The Morgan fingerprint density at radius 2 is 2.06 bits per heavy atom. The molecule has 3 N–H and O–H groups in total. The fraction of sp³-hybridized carbons (Fsp3) is 0.833. The number of carbonyl (C=O) groups is 2. The van der Waals surface area contributed by atoms with Crippen LogP contribution in [0.1, 0.15) is 39.5 Å². The highest BCUT2D eigenvalue weighted by Gasteiger charge is 2.33. The zero-order valence-corrected chi connectivity index (χ0v) is 10.8. The maximum absolute atomic E-state index is 12.0. The van der Waals surface area contributed by atoms with Gasteiger partial charge >= 0.3 is 0 Å². The molecule has 0 aromatic carbocycles. The summed E-state index contributed by atoms with van der Waals surface area (Å²) in [4.78, 5) is 23.2. The number of amides is 2. The van der Waals surface area contributed by atoms with Crippen molar-refractivity contribution in [1.82, 2.24) is 16.0 Å². The van der Waals surface area contributed by atoms with Gasteiger partial charge in [0, 0.05) is 19.5 Å². The molecule has 0 saturated carbocycles. The van der Waals surface area contributed by atoms with Crippen molar-refractivity contribution in [3.05, 3.63) is 0 Å². The predicted molar refractivity (Wildman–Crippen MR) is 66.6 cm³/mol. The molecule has 0 aromatic rings. The maximum atomic E-state index is 12.0. The molecule has 1 unspecified atom stereocenters. The van der Waals surface area contributed by atoms with Crippen molar-refractivity contribution in [3.8, 4) is 0 Å². The van der Waals surface area contributed by atoms with Gasteiger partial charge < -0.3 is 16.0 Å². The molecular weight excluding hydrogens is 218 g/mol. The standard InChI is InChI=1S/C12H23N3O2/c1-3-13-10(16)6-9-14-11(17)12(2)7-4-5-8-15-12/h15H,3-9H2,1-2H3,(H,13,16)(H,14,17). The molecule has 1 heterocycles. The highest BCUT2D eigenvalue weighted by atomic mass is 16.2. The van der Waals surface area contributed by atoms with Gasteiger partial charge in [0.15, 0.2) is 0 Å². The first-order valence-electron chi connectivity index (χ1n) is 6.38. The molecule has 17 heavy (non-hydrogen) atoms. The SMILES string of the molecule is CCNC(=O)CCNC(=O)C1(C)CCCCN1. The predicted octanol–water partition coefficient (Wildman–Crippen LogP) is 0.161. The lowest BCUT2D eigenvalue weighted by Crippen LogP contribution is -2.57. The highest BCUT2D eigenvalue weighted by Crippen LogP contribution is 2.18. The number of nitrogens with one attached hydrogen (secondary N) is 3. The molecule has 0 aromatic heterocycles. The Balaban J connectivity index is 2.26. The van der Waals surface area contributed by atoms with Crippen LogP contribution in [-0.4, -0.2) is 37.0 Å². The fourth-order valence-electron chi connectivity index (χ4n) is 2.02. The van der Waals surface area contributed by atoms with E-state index in [4.69, 9.17) is 0 Å². The van der Waals surface area contributed by atoms with Gasteiger partial charge in [-0.25, -0.2) is 0 Å². The minimum atomic E-state index is -0.459. The summed E-state index contributed by atoms with van der Waals surface area (Å²) < 4.78 is 0. The van der Waals surface area contributed by atoms with Gasteiger partial charge in [-0.15, -0.1) is 0 Å². The second kappa shape index (κ2) is 6.59. The summed E-state index contributed by atoms with van der Waals surface area (Å²) in [5, 5.41) is 8.77. The number of piperidine rings is 1. The molecule has 1 atom stereocenters. The summed E-state index contributed by atoms with van der Waals surface area (Å²) in [6.45, 7) is 5.73. The molecule has 0 bridgehead atoms. The van der Waals surface area contributed by atoms with Crippen molar-refractivity contribution < 1.29 is 9.59 Å². The Hall–Kier alpha value is -1.10. The van der Waals surface area contributed by atoms with E-state index in [1.54, 1.807) is 0 Å². The van der Waals surface area contributed by atoms with Crippen LogP contribution in [0.4, 0.5) is 0 Å². The molecule has 1 saturated heterocycles. The van der Waals surface area contributed by atoms with Gasteiger partial charge in [-0.2, -0.15) is 0 Å². The van der Waals surface area contributed by atoms with Crippen LogP contribution < -0.4 is 16.0 Å². The van der Waals surface area contributed by atoms with Crippen LogP contribution in [0.2, 0.25) is 0 Å². The van der Waals surface area contributed by atoms with Gasteiger partial charge in [-0.05, 0) is 39.7 Å². The van der Waals surface area contributed by atoms with E-state index in [-0.39, 0.29) is 11.8 Å². The Morgan fingerprint density at radius 3 is 2.65 bits per heavy atom. The normalized spacial score (nSPS) is 24.1. The van der Waals surface area contributed by atoms with Crippen LogP contribution in [0.5, 0.6) is 0 Å². The van der Waals surface area contributed by atoms with Crippen LogP contribution in [0.25, 0.3) is 0 Å². The van der Waals surface area contributed by atoms with E-state index in [9.17, 15) is 9.59 Å². The van der Waals surface area contributed by atoms with Crippen LogP contribution in [-0.2, 0) is 9.59 Å². The molecule has 1 rings (SSSR count). The van der Waals surface area contributed by atoms with Gasteiger partial charge in [0.25, 0.3) is 0 Å². The number of hydrogen-bond donors (Lipinski definition) is 3. The van der Waals surface area contributed by atoms with Crippen molar-refractivity contribution >= 4 is 11.8 Å². The second-order valence-electron chi connectivity index (χ2n) is 4.68. The number of carbonyl (C=O) groups excluding carboxylic acids is 2. The average Bonchev–Trinajstić information content (AvgIpc) is 2.30. The minimum absolute atomic E-state index is 0.00139. The Bertz CT molecular complexity index is 273. The van der Waals surface area contributed by atoms with Crippen LogP contribution in [0.3, 0.4) is 0 Å². The number of rotatable bonds is 5. The van der Waals surface area contributed by atoms with Crippen molar-refractivity contribution in [2.24, 2.45) is 0 Å². The molecule has 0 radical (unpaired) electrons. The molecule has 0 spiro atoms. The highest BCUT2D eigenvalue weighted by molar-refractivity contribution is 5.86. The zero-order valence-electron chi connectivity index (χ0n) is 10.8. The third-order valence-corrected chi connectivity index (χ3v) is 3.13. The van der Waals surface area contributed by atoms with E-state index >= 15 is 0 Å². The summed E-state index contributed by atoms with van der Waals surface area (Å²) in [6.07, 6.45) is 3.41. The third-order valence-electron chi connectivity index (χ3n) is 3.13. The topological polar surface area (TPSA) is 70.2 Å². The first-order valence-corrected chi connectivity index (χ1v) is 6.38. The maximum Gasteiger partial charge on any atom is 0.240 e. The first-order chi connectivity index (χ1) is 8.08. The molecule has 2 amide bonds. The lowest BCUT2D eigenvalue weighted by molar-refractivity contribution is -0.128. The van der Waals surface area contributed by atoms with Gasteiger partial charge in [0.05, 0.1) is 5.54 Å². The Labute approximate surface area is 103 Å². The Morgan fingerprint density at radius 1 is 1.29 bits per heavy atom. The molecule has 98 valence electrons. The average molecular weight is 241 g/mol. The van der Waals surface area contributed by atoms with Crippen LogP contribution in [0, 0.1) is 0 Å². The van der Waals surface area contributed by atoms with Crippen molar-refractivity contribution in [2.75, 3.05) is 19.6 Å². The van der Waals surface area contributed by atoms with Gasteiger partial charge in [0.1, 0.15) is 0 Å². The van der Waals surface area contributed by atoms with Crippen molar-refractivity contribution in [2.45, 2.75) is 45.1 Å². The molecule has 5 nitrogen and oxygen atoms in total. The monoisotopic (exact) mass is 241 g/mol. The molecule has 0 aliphatic carbocycles. The lowest BCUT2D eigenvalue weighted by Gasteiger charge is -2.33. The number of hydrogen-bond acceptors (Lipinski definition) is 3. The second-order valence-corrected chi connectivity index (χ2v) is 4.68. The fourth-order valence-corrected chi connectivity index (χ4v) is 2.02. The van der Waals surface area contributed by atoms with E-state index in [1.807, 2.05) is 13.8 Å². The zero-order chi connectivity index (χ0) is 12.7. The first kappa shape index (κ1) is 14.0. The smallest absolute Gasteiger partial charge is 0.240 e. The van der Waals surface area contributed by atoms with Crippen LogP contribution in [0.15, 0.2) is 0 Å². The summed E-state index contributed by atoms with van der Waals surface area (Å²) in [7, 11) is 0. The molecule has 1 fully saturated rings. The quantitative estimate of drug-likeness (QED) is 0.642. The molecule has 1 aliphatic heterocycles. The molecular formula is C12H23N3O2. The van der Waals surface area contributed by atoms with Gasteiger partial charge in [0.2, 0.25) is 11.8 Å². The summed E-state index contributed by atoms with van der Waals surface area (Å²) in [6, 6.07) is 0. The van der Waals surface area contributed by atoms with E-state index in [0.29, 0.717) is 19.5 Å². The third kappa shape index (κ3) is 4.34. The molecule has 1 aliphatic rings. The van der Waals surface area contributed by atoms with Crippen molar-refractivity contribution in [3.63, 3.8) is 0 Å². The van der Waals surface area contributed by atoms with Gasteiger partial charge in [-0.1, -0.05) is 0 Å². The van der Waals surface area contributed by atoms with Gasteiger partial charge in [-0.3, -0.25) is 9.59 Å².